The Labute approximate surface area is 129 Å². The van der Waals surface area contributed by atoms with Gasteiger partial charge in [-0.05, 0) is 26.3 Å². The summed E-state index contributed by atoms with van der Waals surface area (Å²) in [5.41, 5.74) is 5.93. The lowest BCUT2D eigenvalue weighted by atomic mass is 10.2. The predicted molar refractivity (Wildman–Crippen MR) is 87.3 cm³/mol. The molecule has 0 spiro atoms. The third-order valence-corrected chi connectivity index (χ3v) is 3.94. The summed E-state index contributed by atoms with van der Waals surface area (Å²) in [5.74, 6) is 0.997. The SMILES string of the molecule is CCn1c(=O)n(CCCCN)c(=O)c2c1nc(C(C)C)n2C. The number of unbranched alkanes of at least 4 members (excludes halogenated alkanes) is 1. The molecule has 0 bridgehead atoms. The summed E-state index contributed by atoms with van der Waals surface area (Å²) in [6.45, 7) is 7.38. The van der Waals surface area contributed by atoms with Crippen molar-refractivity contribution in [3.63, 3.8) is 0 Å². The maximum absolute atomic E-state index is 12.7. The van der Waals surface area contributed by atoms with Gasteiger partial charge in [0.15, 0.2) is 11.2 Å². The molecule has 7 nitrogen and oxygen atoms in total. The topological polar surface area (TPSA) is 87.8 Å². The van der Waals surface area contributed by atoms with Crippen molar-refractivity contribution >= 4 is 11.2 Å². The number of rotatable bonds is 6. The Morgan fingerprint density at radius 2 is 1.86 bits per heavy atom. The van der Waals surface area contributed by atoms with Gasteiger partial charge < -0.3 is 10.3 Å². The largest absolute Gasteiger partial charge is 0.332 e. The molecule has 0 aliphatic rings. The summed E-state index contributed by atoms with van der Waals surface area (Å²) in [6, 6.07) is 0. The van der Waals surface area contributed by atoms with Crippen LogP contribution in [-0.2, 0) is 20.1 Å². The van der Waals surface area contributed by atoms with E-state index in [-0.39, 0.29) is 17.2 Å². The van der Waals surface area contributed by atoms with Crippen molar-refractivity contribution in [2.45, 2.75) is 52.6 Å². The van der Waals surface area contributed by atoms with Gasteiger partial charge in [-0.3, -0.25) is 13.9 Å². The molecule has 2 aromatic rings. The Hall–Kier alpha value is -1.89. The van der Waals surface area contributed by atoms with Crippen molar-refractivity contribution in [2.24, 2.45) is 12.8 Å². The molecule has 2 aromatic heterocycles. The summed E-state index contributed by atoms with van der Waals surface area (Å²) < 4.78 is 4.70. The number of fused-ring (bicyclic) bond motifs is 1. The fourth-order valence-corrected chi connectivity index (χ4v) is 2.79. The van der Waals surface area contributed by atoms with Gasteiger partial charge in [0.2, 0.25) is 0 Å². The van der Waals surface area contributed by atoms with Crippen molar-refractivity contribution in [1.82, 2.24) is 18.7 Å². The molecule has 0 aliphatic heterocycles. The van der Waals surface area contributed by atoms with Gasteiger partial charge in [-0.1, -0.05) is 13.8 Å². The van der Waals surface area contributed by atoms with Crippen LogP contribution in [0.15, 0.2) is 9.59 Å². The minimum Gasteiger partial charge on any atom is -0.330 e. The molecule has 0 fully saturated rings. The first-order chi connectivity index (χ1) is 10.4. The highest BCUT2D eigenvalue weighted by Crippen LogP contribution is 2.17. The Morgan fingerprint density at radius 3 is 2.41 bits per heavy atom. The standard InChI is InChI=1S/C15H25N5O2/c1-5-19-13-11(18(4)12(17-13)10(2)3)14(21)20(15(19)22)9-7-6-8-16/h10H,5-9,16H2,1-4H3. The first kappa shape index (κ1) is 16.5. The number of imidazole rings is 1. The van der Waals surface area contributed by atoms with Crippen molar-refractivity contribution in [2.75, 3.05) is 6.54 Å². The average Bonchev–Trinajstić information content (AvgIpc) is 2.81. The Morgan fingerprint density at radius 1 is 1.18 bits per heavy atom. The molecule has 0 saturated carbocycles. The summed E-state index contributed by atoms with van der Waals surface area (Å²) in [5, 5.41) is 0. The molecular weight excluding hydrogens is 282 g/mol. The van der Waals surface area contributed by atoms with Crippen LogP contribution in [0.25, 0.3) is 11.2 Å². The molecule has 0 atom stereocenters. The van der Waals surface area contributed by atoms with Crippen LogP contribution in [-0.4, -0.2) is 25.2 Å². The molecule has 2 rings (SSSR count). The van der Waals surface area contributed by atoms with Gasteiger partial charge in [0.25, 0.3) is 5.56 Å². The lowest BCUT2D eigenvalue weighted by Crippen LogP contribution is -2.40. The van der Waals surface area contributed by atoms with E-state index in [0.29, 0.717) is 30.8 Å². The lowest BCUT2D eigenvalue weighted by molar-refractivity contribution is 0.544. The zero-order valence-corrected chi connectivity index (χ0v) is 13.8. The van der Waals surface area contributed by atoms with Crippen LogP contribution in [0.5, 0.6) is 0 Å². The summed E-state index contributed by atoms with van der Waals surface area (Å²) in [4.78, 5) is 29.8. The summed E-state index contributed by atoms with van der Waals surface area (Å²) >= 11 is 0. The molecule has 22 heavy (non-hydrogen) atoms. The zero-order valence-electron chi connectivity index (χ0n) is 13.8. The van der Waals surface area contributed by atoms with Crippen LogP contribution in [0.1, 0.15) is 45.4 Å². The van der Waals surface area contributed by atoms with Crippen molar-refractivity contribution in [3.05, 3.63) is 26.7 Å². The molecular formula is C15H25N5O2. The van der Waals surface area contributed by atoms with E-state index in [0.717, 1.165) is 18.7 Å². The van der Waals surface area contributed by atoms with Gasteiger partial charge in [0.05, 0.1) is 0 Å². The summed E-state index contributed by atoms with van der Waals surface area (Å²) in [7, 11) is 1.83. The van der Waals surface area contributed by atoms with Crippen LogP contribution in [0.3, 0.4) is 0 Å². The highest BCUT2D eigenvalue weighted by molar-refractivity contribution is 5.71. The predicted octanol–water partition coefficient (Wildman–Crippen LogP) is 0.779. The fraction of sp³-hybridized carbons (Fsp3) is 0.667. The van der Waals surface area contributed by atoms with Gasteiger partial charge in [0.1, 0.15) is 5.82 Å². The van der Waals surface area contributed by atoms with E-state index >= 15 is 0 Å². The van der Waals surface area contributed by atoms with Crippen molar-refractivity contribution in [3.8, 4) is 0 Å². The minimum atomic E-state index is -0.287. The van der Waals surface area contributed by atoms with Gasteiger partial charge in [-0.15, -0.1) is 0 Å². The maximum atomic E-state index is 12.7. The van der Waals surface area contributed by atoms with Crippen molar-refractivity contribution < 1.29 is 0 Å². The second-order valence-corrected chi connectivity index (χ2v) is 5.84. The van der Waals surface area contributed by atoms with E-state index < -0.39 is 0 Å². The van der Waals surface area contributed by atoms with Crippen LogP contribution in [0, 0.1) is 0 Å². The van der Waals surface area contributed by atoms with E-state index in [2.05, 4.69) is 4.98 Å². The Bertz CT molecular complexity index is 782. The zero-order chi connectivity index (χ0) is 16.4. The molecule has 0 aromatic carbocycles. The normalized spacial score (nSPS) is 11.7. The van der Waals surface area contributed by atoms with E-state index in [9.17, 15) is 9.59 Å². The first-order valence-corrected chi connectivity index (χ1v) is 7.84. The third kappa shape index (κ3) is 2.61. The number of nitrogens with zero attached hydrogens (tertiary/aromatic N) is 4. The minimum absolute atomic E-state index is 0.183. The molecule has 2 heterocycles. The lowest BCUT2D eigenvalue weighted by Gasteiger charge is -2.10. The van der Waals surface area contributed by atoms with Gasteiger partial charge >= 0.3 is 5.69 Å². The Kier molecular flexibility index (Phi) is 4.85. The highest BCUT2D eigenvalue weighted by Gasteiger charge is 2.20. The van der Waals surface area contributed by atoms with E-state index in [1.54, 1.807) is 4.57 Å². The second-order valence-electron chi connectivity index (χ2n) is 5.84. The fourth-order valence-electron chi connectivity index (χ4n) is 2.79. The summed E-state index contributed by atoms with van der Waals surface area (Å²) in [6.07, 6.45) is 1.51. The Balaban J connectivity index is 2.75. The van der Waals surface area contributed by atoms with Crippen LogP contribution >= 0.6 is 0 Å². The molecule has 0 aliphatic carbocycles. The monoisotopic (exact) mass is 307 g/mol. The van der Waals surface area contributed by atoms with Gasteiger partial charge in [0, 0.05) is 26.1 Å². The first-order valence-electron chi connectivity index (χ1n) is 7.84. The molecule has 0 unspecified atom stereocenters. The molecule has 0 saturated heterocycles. The number of hydrogen-bond donors (Lipinski definition) is 1. The van der Waals surface area contributed by atoms with E-state index in [4.69, 9.17) is 5.73 Å². The molecule has 0 amide bonds. The highest BCUT2D eigenvalue weighted by atomic mass is 16.2. The van der Waals surface area contributed by atoms with Gasteiger partial charge in [-0.2, -0.15) is 0 Å². The second kappa shape index (κ2) is 6.48. The molecule has 0 radical (unpaired) electrons. The van der Waals surface area contributed by atoms with E-state index in [1.165, 1.54) is 4.57 Å². The molecule has 7 heteroatoms. The number of hydrogen-bond acceptors (Lipinski definition) is 4. The molecule has 122 valence electrons. The number of aryl methyl sites for hydroxylation is 2. The van der Waals surface area contributed by atoms with E-state index in [1.807, 2.05) is 32.4 Å². The maximum Gasteiger partial charge on any atom is 0.332 e. The smallest absolute Gasteiger partial charge is 0.330 e. The van der Waals surface area contributed by atoms with Crippen molar-refractivity contribution in [1.29, 1.82) is 0 Å². The van der Waals surface area contributed by atoms with Gasteiger partial charge in [-0.25, -0.2) is 9.78 Å². The average molecular weight is 307 g/mol. The van der Waals surface area contributed by atoms with Crippen LogP contribution in [0.2, 0.25) is 0 Å². The number of nitrogens with two attached hydrogens (primary N) is 1. The number of aromatic nitrogens is 4. The van der Waals surface area contributed by atoms with Crippen LogP contribution < -0.4 is 17.0 Å². The van der Waals surface area contributed by atoms with Crippen LogP contribution in [0.4, 0.5) is 0 Å². The molecule has 2 N–H and O–H groups in total. The quantitative estimate of drug-likeness (QED) is 0.799. The third-order valence-electron chi connectivity index (χ3n) is 3.94.